The van der Waals surface area contributed by atoms with Crippen molar-refractivity contribution < 1.29 is 14.3 Å². The van der Waals surface area contributed by atoms with Crippen LogP contribution >= 0.6 is 0 Å². The Labute approximate surface area is 107 Å². The fourth-order valence-electron chi connectivity index (χ4n) is 2.41. The lowest BCUT2D eigenvalue weighted by Crippen LogP contribution is -2.60. The van der Waals surface area contributed by atoms with Gasteiger partial charge >= 0.3 is 0 Å². The molecule has 18 heavy (non-hydrogen) atoms. The van der Waals surface area contributed by atoms with Gasteiger partial charge in [-0.25, -0.2) is 0 Å². The first-order valence-corrected chi connectivity index (χ1v) is 6.41. The van der Waals surface area contributed by atoms with E-state index >= 15 is 0 Å². The summed E-state index contributed by atoms with van der Waals surface area (Å²) in [5, 5.41) is 8.63. The number of piperazine rings is 1. The quantitative estimate of drug-likeness (QED) is 0.600. The molecule has 2 rings (SSSR count). The number of carbonyl (C=O) groups is 2. The molecule has 0 bridgehead atoms. The Bertz CT molecular complexity index is 333. The summed E-state index contributed by atoms with van der Waals surface area (Å²) in [5.41, 5.74) is -0.176. The van der Waals surface area contributed by atoms with Crippen LogP contribution in [0.1, 0.15) is 26.7 Å². The van der Waals surface area contributed by atoms with Crippen LogP contribution in [0.25, 0.3) is 0 Å². The highest BCUT2D eigenvalue weighted by atomic mass is 16.5. The maximum Gasteiger partial charge on any atom is 0.239 e. The largest absolute Gasteiger partial charge is 0.375 e. The normalized spacial score (nSPS) is 31.6. The van der Waals surface area contributed by atoms with Crippen LogP contribution in [0.4, 0.5) is 0 Å². The lowest BCUT2D eigenvalue weighted by atomic mass is 9.93. The molecule has 0 aromatic rings. The molecule has 2 fully saturated rings. The van der Waals surface area contributed by atoms with Crippen LogP contribution in [0.5, 0.6) is 0 Å². The standard InChI is InChI=1S/C12H21N3O3/c1-12(2)5-8(3-4-18-12)15-11(17)9-6-14-10(16)7-13-9/h8-9,13H,3-7H2,1-2H3,(H,14,16)(H,15,17). The minimum Gasteiger partial charge on any atom is -0.375 e. The van der Waals surface area contributed by atoms with Gasteiger partial charge in [-0.1, -0.05) is 0 Å². The first-order chi connectivity index (χ1) is 8.46. The second kappa shape index (κ2) is 5.24. The number of ether oxygens (including phenoxy) is 1. The van der Waals surface area contributed by atoms with E-state index in [0.717, 1.165) is 12.8 Å². The summed E-state index contributed by atoms with van der Waals surface area (Å²) >= 11 is 0. The molecule has 102 valence electrons. The third kappa shape index (κ3) is 3.43. The van der Waals surface area contributed by atoms with Crippen molar-refractivity contribution in [3.63, 3.8) is 0 Å². The molecule has 2 saturated heterocycles. The molecule has 0 spiro atoms. The Kier molecular flexibility index (Phi) is 3.87. The van der Waals surface area contributed by atoms with Gasteiger partial charge in [-0.2, -0.15) is 0 Å². The molecule has 6 heteroatoms. The number of nitrogens with one attached hydrogen (secondary N) is 3. The predicted molar refractivity (Wildman–Crippen MR) is 66.0 cm³/mol. The summed E-state index contributed by atoms with van der Waals surface area (Å²) in [6.07, 6.45) is 1.66. The van der Waals surface area contributed by atoms with E-state index in [1.807, 2.05) is 13.8 Å². The van der Waals surface area contributed by atoms with Crippen LogP contribution in [0, 0.1) is 0 Å². The molecule has 0 aromatic heterocycles. The molecule has 3 N–H and O–H groups in total. The molecule has 6 nitrogen and oxygen atoms in total. The number of hydrogen-bond donors (Lipinski definition) is 3. The highest BCUT2D eigenvalue weighted by Crippen LogP contribution is 2.23. The Morgan fingerprint density at radius 3 is 2.89 bits per heavy atom. The maximum absolute atomic E-state index is 12.0. The van der Waals surface area contributed by atoms with Crippen LogP contribution in [0.2, 0.25) is 0 Å². The topological polar surface area (TPSA) is 79.5 Å². The van der Waals surface area contributed by atoms with Crippen LogP contribution < -0.4 is 16.0 Å². The van der Waals surface area contributed by atoms with Gasteiger partial charge in [0, 0.05) is 19.2 Å². The summed E-state index contributed by atoms with van der Waals surface area (Å²) in [7, 11) is 0. The van der Waals surface area contributed by atoms with E-state index in [4.69, 9.17) is 4.74 Å². The van der Waals surface area contributed by atoms with Gasteiger partial charge in [0.1, 0.15) is 6.04 Å². The van der Waals surface area contributed by atoms with E-state index in [0.29, 0.717) is 13.2 Å². The van der Waals surface area contributed by atoms with Crippen molar-refractivity contribution >= 4 is 11.8 Å². The van der Waals surface area contributed by atoms with Crippen molar-refractivity contribution in [2.75, 3.05) is 19.7 Å². The maximum atomic E-state index is 12.0. The average molecular weight is 255 g/mol. The van der Waals surface area contributed by atoms with Crippen molar-refractivity contribution in [3.05, 3.63) is 0 Å². The monoisotopic (exact) mass is 255 g/mol. The third-order valence-electron chi connectivity index (χ3n) is 3.37. The zero-order valence-electron chi connectivity index (χ0n) is 10.9. The molecular weight excluding hydrogens is 234 g/mol. The predicted octanol–water partition coefficient (Wildman–Crippen LogP) is -0.852. The van der Waals surface area contributed by atoms with Crippen molar-refractivity contribution in [3.8, 4) is 0 Å². The van der Waals surface area contributed by atoms with Crippen LogP contribution in [-0.4, -0.2) is 49.2 Å². The summed E-state index contributed by atoms with van der Waals surface area (Å²) in [5.74, 6) is -0.107. The zero-order chi connectivity index (χ0) is 13.2. The minimum absolute atomic E-state index is 0.0438. The molecule has 2 aliphatic heterocycles. The Morgan fingerprint density at radius 2 is 2.28 bits per heavy atom. The fourth-order valence-corrected chi connectivity index (χ4v) is 2.41. The molecular formula is C12H21N3O3. The number of hydrogen-bond acceptors (Lipinski definition) is 4. The Morgan fingerprint density at radius 1 is 1.50 bits per heavy atom. The van der Waals surface area contributed by atoms with E-state index in [1.165, 1.54) is 0 Å². The molecule has 0 aromatic carbocycles. The second-order valence-electron chi connectivity index (χ2n) is 5.54. The highest BCUT2D eigenvalue weighted by molar-refractivity contribution is 5.86. The summed E-state index contributed by atoms with van der Waals surface area (Å²) in [4.78, 5) is 23.0. The fraction of sp³-hybridized carbons (Fsp3) is 0.833. The highest BCUT2D eigenvalue weighted by Gasteiger charge is 2.31. The van der Waals surface area contributed by atoms with Crippen LogP contribution in [0.3, 0.4) is 0 Å². The van der Waals surface area contributed by atoms with E-state index in [1.54, 1.807) is 0 Å². The molecule has 2 amide bonds. The number of carbonyl (C=O) groups excluding carboxylic acids is 2. The van der Waals surface area contributed by atoms with Crippen molar-refractivity contribution in [2.24, 2.45) is 0 Å². The lowest BCUT2D eigenvalue weighted by molar-refractivity contribution is -0.128. The minimum atomic E-state index is -0.325. The molecule has 0 aliphatic carbocycles. The molecule has 2 atom stereocenters. The summed E-state index contributed by atoms with van der Waals surface area (Å²) < 4.78 is 5.61. The van der Waals surface area contributed by atoms with Gasteiger partial charge in [0.2, 0.25) is 11.8 Å². The van der Waals surface area contributed by atoms with E-state index in [9.17, 15) is 9.59 Å². The Hall–Kier alpha value is -1.14. The van der Waals surface area contributed by atoms with Gasteiger partial charge in [-0.15, -0.1) is 0 Å². The van der Waals surface area contributed by atoms with Gasteiger partial charge in [0.15, 0.2) is 0 Å². The molecule has 0 saturated carbocycles. The van der Waals surface area contributed by atoms with Crippen molar-refractivity contribution in [1.29, 1.82) is 0 Å². The first-order valence-electron chi connectivity index (χ1n) is 6.41. The van der Waals surface area contributed by atoms with Gasteiger partial charge in [0.25, 0.3) is 0 Å². The van der Waals surface area contributed by atoms with Gasteiger partial charge < -0.3 is 15.4 Å². The summed E-state index contributed by atoms with van der Waals surface area (Å²) in [6.45, 7) is 5.30. The smallest absolute Gasteiger partial charge is 0.239 e. The van der Waals surface area contributed by atoms with E-state index in [2.05, 4.69) is 16.0 Å². The van der Waals surface area contributed by atoms with Gasteiger partial charge in [-0.3, -0.25) is 14.9 Å². The number of rotatable bonds is 2. The summed E-state index contributed by atoms with van der Waals surface area (Å²) in [6, 6.07) is -0.172. The average Bonchev–Trinajstić information content (AvgIpc) is 2.28. The Balaban J connectivity index is 1.82. The number of amides is 2. The van der Waals surface area contributed by atoms with E-state index < -0.39 is 0 Å². The van der Waals surface area contributed by atoms with Gasteiger partial charge in [0.05, 0.1) is 12.1 Å². The SMILES string of the molecule is CC1(C)CC(NC(=O)C2CNC(=O)CN2)CCO1. The van der Waals surface area contributed by atoms with E-state index in [-0.39, 0.29) is 36.0 Å². The zero-order valence-corrected chi connectivity index (χ0v) is 10.9. The molecule has 2 heterocycles. The molecule has 0 radical (unpaired) electrons. The molecule has 2 aliphatic rings. The first kappa shape index (κ1) is 13.3. The lowest BCUT2D eigenvalue weighted by Gasteiger charge is -2.36. The van der Waals surface area contributed by atoms with Gasteiger partial charge in [-0.05, 0) is 26.7 Å². The van der Waals surface area contributed by atoms with Crippen molar-refractivity contribution in [1.82, 2.24) is 16.0 Å². The van der Waals surface area contributed by atoms with Crippen LogP contribution in [-0.2, 0) is 14.3 Å². The molecule has 2 unspecified atom stereocenters. The van der Waals surface area contributed by atoms with Crippen molar-refractivity contribution in [2.45, 2.75) is 44.4 Å². The second-order valence-corrected chi connectivity index (χ2v) is 5.54. The van der Waals surface area contributed by atoms with Crippen LogP contribution in [0.15, 0.2) is 0 Å². The third-order valence-corrected chi connectivity index (χ3v) is 3.37.